The molecule has 0 aliphatic heterocycles. The first kappa shape index (κ1) is 18.3. The molecule has 146 valence electrons. The van der Waals surface area contributed by atoms with Gasteiger partial charge in [-0.1, -0.05) is 36.4 Å². The summed E-state index contributed by atoms with van der Waals surface area (Å²) < 4.78 is 15.1. The molecule has 5 aromatic rings. The number of thiazole rings is 1. The molecule has 0 aliphatic rings. The second-order valence-corrected chi connectivity index (χ2v) is 7.69. The van der Waals surface area contributed by atoms with Gasteiger partial charge in [-0.25, -0.2) is 9.37 Å². The number of pyridine rings is 1. The van der Waals surface area contributed by atoms with Gasteiger partial charge < -0.3 is 10.1 Å². The molecule has 0 radical (unpaired) electrons. The molecule has 0 atom stereocenters. The molecule has 3 heterocycles. The van der Waals surface area contributed by atoms with Crippen molar-refractivity contribution in [2.75, 3.05) is 5.73 Å². The van der Waals surface area contributed by atoms with Crippen LogP contribution in [0.4, 0.5) is 10.1 Å². The van der Waals surface area contributed by atoms with Crippen LogP contribution in [0.1, 0.15) is 16.1 Å². The molecule has 0 saturated heterocycles. The Labute approximate surface area is 176 Å². The number of carbonyl (C=O) groups is 1. The topological polar surface area (TPSA) is 60.4 Å². The summed E-state index contributed by atoms with van der Waals surface area (Å²) in [5.41, 5.74) is 11.0. The smallest absolute Gasteiger partial charge is 0.211 e. The van der Waals surface area contributed by atoms with Crippen LogP contribution in [0.3, 0.4) is 0 Å². The van der Waals surface area contributed by atoms with Gasteiger partial charge in [-0.2, -0.15) is 0 Å². The van der Waals surface area contributed by atoms with Crippen LogP contribution in [-0.2, 0) is 0 Å². The van der Waals surface area contributed by atoms with Crippen molar-refractivity contribution in [3.8, 4) is 21.8 Å². The number of anilines is 1. The maximum atomic E-state index is 13.2. The highest BCUT2D eigenvalue weighted by Crippen LogP contribution is 2.39. The predicted octanol–water partition coefficient (Wildman–Crippen LogP) is 5.68. The Kier molecular flexibility index (Phi) is 4.41. The fourth-order valence-corrected chi connectivity index (χ4v) is 4.45. The first-order chi connectivity index (χ1) is 14.6. The summed E-state index contributed by atoms with van der Waals surface area (Å²) in [6, 6.07) is 21.0. The van der Waals surface area contributed by atoms with E-state index in [4.69, 9.17) is 10.7 Å². The number of hydrogen-bond donors (Lipinski definition) is 1. The zero-order valence-corrected chi connectivity index (χ0v) is 16.6. The predicted molar refractivity (Wildman–Crippen MR) is 118 cm³/mol. The molecule has 30 heavy (non-hydrogen) atoms. The molecule has 3 aromatic heterocycles. The van der Waals surface area contributed by atoms with E-state index in [0.29, 0.717) is 22.0 Å². The SMILES string of the molecule is Nc1c(-c2nc(-c3ccc(F)cc3)cs2)c2ccccn2c1C(=O)c1ccccc1. The highest BCUT2D eigenvalue weighted by Gasteiger charge is 2.24. The van der Waals surface area contributed by atoms with Crippen LogP contribution < -0.4 is 5.73 Å². The van der Waals surface area contributed by atoms with Gasteiger partial charge in [-0.3, -0.25) is 4.79 Å². The Balaban J connectivity index is 1.67. The molecule has 4 nitrogen and oxygen atoms in total. The summed E-state index contributed by atoms with van der Waals surface area (Å²) in [4.78, 5) is 18.0. The highest BCUT2D eigenvalue weighted by molar-refractivity contribution is 7.13. The van der Waals surface area contributed by atoms with Crippen molar-refractivity contribution in [2.24, 2.45) is 0 Å². The third-order valence-corrected chi connectivity index (χ3v) is 5.85. The number of hydrogen-bond acceptors (Lipinski definition) is 4. The molecule has 5 rings (SSSR count). The maximum Gasteiger partial charge on any atom is 0.211 e. The van der Waals surface area contributed by atoms with Crippen LogP contribution in [-0.4, -0.2) is 15.2 Å². The van der Waals surface area contributed by atoms with Gasteiger partial charge in [0.05, 0.1) is 22.5 Å². The number of rotatable bonds is 4. The van der Waals surface area contributed by atoms with Gasteiger partial charge >= 0.3 is 0 Å². The Morgan fingerprint density at radius 3 is 2.47 bits per heavy atom. The Hall–Kier alpha value is -3.77. The van der Waals surface area contributed by atoms with E-state index in [2.05, 4.69) is 0 Å². The van der Waals surface area contributed by atoms with E-state index in [1.807, 2.05) is 52.4 Å². The summed E-state index contributed by atoms with van der Waals surface area (Å²) in [6.07, 6.45) is 1.83. The molecule has 0 bridgehead atoms. The zero-order valence-electron chi connectivity index (χ0n) is 15.7. The van der Waals surface area contributed by atoms with Crippen LogP contribution in [0.2, 0.25) is 0 Å². The number of fused-ring (bicyclic) bond motifs is 1. The van der Waals surface area contributed by atoms with Crippen molar-refractivity contribution in [1.29, 1.82) is 0 Å². The number of halogens is 1. The standard InChI is InChI=1S/C24H16FN3OS/c25-17-11-9-15(10-12-17)18-14-30-24(27-18)20-19-8-4-5-13-28(19)22(21(20)26)23(29)16-6-2-1-3-7-16/h1-14H,26H2. The average molecular weight is 413 g/mol. The summed E-state index contributed by atoms with van der Waals surface area (Å²) in [5, 5.41) is 2.62. The van der Waals surface area contributed by atoms with E-state index in [9.17, 15) is 9.18 Å². The van der Waals surface area contributed by atoms with Crippen molar-refractivity contribution in [2.45, 2.75) is 0 Å². The Bertz CT molecular complexity index is 1370. The number of nitrogens with zero attached hydrogens (tertiary/aromatic N) is 2. The highest BCUT2D eigenvalue weighted by atomic mass is 32.1. The fraction of sp³-hybridized carbons (Fsp3) is 0. The lowest BCUT2D eigenvalue weighted by atomic mass is 10.1. The normalized spacial score (nSPS) is 11.1. The van der Waals surface area contributed by atoms with Gasteiger partial charge in [-0.15, -0.1) is 11.3 Å². The molecule has 0 unspecified atom stereocenters. The van der Waals surface area contributed by atoms with Gasteiger partial charge in [0.15, 0.2) is 0 Å². The lowest BCUT2D eigenvalue weighted by molar-refractivity contribution is 0.103. The molecule has 6 heteroatoms. The number of aromatic nitrogens is 2. The number of nitrogens with two attached hydrogens (primary N) is 1. The Morgan fingerprint density at radius 2 is 1.70 bits per heavy atom. The summed E-state index contributed by atoms with van der Waals surface area (Å²) >= 11 is 1.44. The zero-order chi connectivity index (χ0) is 20.7. The van der Waals surface area contributed by atoms with Crippen molar-refractivity contribution in [3.63, 3.8) is 0 Å². The van der Waals surface area contributed by atoms with E-state index in [0.717, 1.165) is 22.3 Å². The van der Waals surface area contributed by atoms with Crippen molar-refractivity contribution < 1.29 is 9.18 Å². The first-order valence-corrected chi connectivity index (χ1v) is 10.2. The third-order valence-electron chi connectivity index (χ3n) is 4.99. The van der Waals surface area contributed by atoms with Crippen LogP contribution in [0.5, 0.6) is 0 Å². The first-order valence-electron chi connectivity index (χ1n) is 9.33. The third kappa shape index (κ3) is 2.98. The number of benzene rings is 2. The molecular formula is C24H16FN3OS. The lowest BCUT2D eigenvalue weighted by Gasteiger charge is -2.03. The maximum absolute atomic E-state index is 13.2. The van der Waals surface area contributed by atoms with Crippen molar-refractivity contribution in [1.82, 2.24) is 9.38 Å². The monoisotopic (exact) mass is 413 g/mol. The molecule has 2 aromatic carbocycles. The number of ketones is 1. The van der Waals surface area contributed by atoms with Crippen LogP contribution in [0, 0.1) is 5.82 Å². The van der Waals surface area contributed by atoms with Crippen LogP contribution in [0.25, 0.3) is 27.3 Å². The van der Waals surface area contributed by atoms with E-state index in [-0.39, 0.29) is 11.6 Å². The summed E-state index contributed by atoms with van der Waals surface area (Å²) in [5.74, 6) is -0.434. The largest absolute Gasteiger partial charge is 0.396 e. The molecule has 2 N–H and O–H groups in total. The molecule has 0 aliphatic carbocycles. The van der Waals surface area contributed by atoms with Crippen molar-refractivity contribution >= 4 is 28.3 Å². The molecule has 0 amide bonds. The fourth-order valence-electron chi connectivity index (χ4n) is 3.55. The van der Waals surface area contributed by atoms with Gasteiger partial charge in [0.2, 0.25) is 5.78 Å². The lowest BCUT2D eigenvalue weighted by Crippen LogP contribution is -2.07. The number of nitrogen functional groups attached to an aromatic ring is 1. The van der Waals surface area contributed by atoms with Gasteiger partial charge in [0.1, 0.15) is 16.5 Å². The summed E-state index contributed by atoms with van der Waals surface area (Å²) in [7, 11) is 0. The Morgan fingerprint density at radius 1 is 0.967 bits per heavy atom. The summed E-state index contributed by atoms with van der Waals surface area (Å²) in [6.45, 7) is 0. The minimum atomic E-state index is -0.291. The minimum Gasteiger partial charge on any atom is -0.396 e. The van der Waals surface area contributed by atoms with Crippen LogP contribution >= 0.6 is 11.3 Å². The van der Waals surface area contributed by atoms with E-state index < -0.39 is 0 Å². The molecule has 0 saturated carbocycles. The van der Waals surface area contributed by atoms with Gasteiger partial charge in [-0.05, 0) is 36.4 Å². The van der Waals surface area contributed by atoms with E-state index in [1.165, 1.54) is 23.5 Å². The second-order valence-electron chi connectivity index (χ2n) is 6.83. The van der Waals surface area contributed by atoms with E-state index >= 15 is 0 Å². The number of carbonyl (C=O) groups excluding carboxylic acids is 1. The molecule has 0 fully saturated rings. The van der Waals surface area contributed by atoms with Gasteiger partial charge in [0, 0.05) is 22.7 Å². The average Bonchev–Trinajstić information content (AvgIpc) is 3.36. The molecule has 0 spiro atoms. The van der Waals surface area contributed by atoms with Crippen LogP contribution in [0.15, 0.2) is 84.4 Å². The minimum absolute atomic E-state index is 0.143. The quantitative estimate of drug-likeness (QED) is 0.386. The van der Waals surface area contributed by atoms with Gasteiger partial charge in [0.25, 0.3) is 0 Å². The molecular weight excluding hydrogens is 397 g/mol. The van der Waals surface area contributed by atoms with E-state index in [1.54, 1.807) is 24.3 Å². The second kappa shape index (κ2) is 7.24. The van der Waals surface area contributed by atoms with Crippen molar-refractivity contribution in [3.05, 3.63) is 101 Å².